The number of hydrogen-bond donors (Lipinski definition) is 2. The number of quaternary nitrogens is 1. The monoisotopic (exact) mass is 315 g/mol. The molecule has 2 rings (SSSR count). The Kier molecular flexibility index (Phi) is 6.11. The van der Waals surface area contributed by atoms with E-state index in [9.17, 15) is 9.59 Å². The maximum Gasteiger partial charge on any atom is 0.275 e. The molecule has 0 radical (unpaired) electrons. The molecule has 0 aliphatic carbocycles. The summed E-state index contributed by atoms with van der Waals surface area (Å²) < 4.78 is 5.28. The van der Waals surface area contributed by atoms with Crippen molar-refractivity contribution in [3.8, 4) is 0 Å². The van der Waals surface area contributed by atoms with E-state index < -0.39 is 6.04 Å². The normalized spacial score (nSPS) is 13.3. The fraction of sp³-hybridized carbons (Fsp3) is 0.333. The highest BCUT2D eigenvalue weighted by Crippen LogP contribution is 2.04. The second-order valence-corrected chi connectivity index (χ2v) is 5.81. The first-order chi connectivity index (χ1) is 11.0. The van der Waals surface area contributed by atoms with E-state index in [-0.39, 0.29) is 11.7 Å². The molecule has 5 heteroatoms. The van der Waals surface area contributed by atoms with Crippen molar-refractivity contribution in [2.45, 2.75) is 25.9 Å². The average molecular weight is 315 g/mol. The summed E-state index contributed by atoms with van der Waals surface area (Å²) in [5.74, 6) is 0.666. The highest BCUT2D eigenvalue weighted by atomic mass is 16.3. The van der Waals surface area contributed by atoms with E-state index in [1.807, 2.05) is 49.5 Å². The average Bonchev–Trinajstić information content (AvgIpc) is 3.00. The minimum atomic E-state index is -0.485. The lowest BCUT2D eigenvalue weighted by molar-refractivity contribution is -0.886. The van der Waals surface area contributed by atoms with Gasteiger partial charge in [-0.05, 0) is 31.0 Å². The van der Waals surface area contributed by atoms with E-state index in [0.29, 0.717) is 19.5 Å². The quantitative estimate of drug-likeness (QED) is 0.750. The predicted molar refractivity (Wildman–Crippen MR) is 86.9 cm³/mol. The number of amides is 1. The van der Waals surface area contributed by atoms with Crippen molar-refractivity contribution in [3.63, 3.8) is 0 Å². The van der Waals surface area contributed by atoms with Crippen molar-refractivity contribution in [2.75, 3.05) is 13.6 Å². The molecule has 0 bridgehead atoms. The Balaban J connectivity index is 1.86. The number of Topliss-reactive ketones (excluding diaryl/α,β-unsaturated/α-hetero) is 1. The molecule has 1 unspecified atom stereocenters. The second kappa shape index (κ2) is 8.29. The molecule has 0 aliphatic heterocycles. The third-order valence-corrected chi connectivity index (χ3v) is 3.63. The van der Waals surface area contributed by atoms with Crippen molar-refractivity contribution >= 4 is 11.7 Å². The number of carbonyl (C=O) groups excluding carboxylic acids is 2. The lowest BCUT2D eigenvalue weighted by Crippen LogP contribution is -3.09. The van der Waals surface area contributed by atoms with Crippen LogP contribution in [0, 0.1) is 0 Å². The molecule has 0 aliphatic rings. The fourth-order valence-corrected chi connectivity index (χ4v) is 2.44. The summed E-state index contributed by atoms with van der Waals surface area (Å²) in [6.07, 6.45) is 2.13. The zero-order chi connectivity index (χ0) is 16.7. The molecule has 0 saturated heterocycles. The van der Waals surface area contributed by atoms with Crippen LogP contribution in [-0.2, 0) is 22.6 Å². The number of carbonyl (C=O) groups is 2. The highest BCUT2D eigenvalue weighted by Gasteiger charge is 2.20. The van der Waals surface area contributed by atoms with E-state index in [2.05, 4.69) is 5.32 Å². The van der Waals surface area contributed by atoms with E-state index >= 15 is 0 Å². The molecule has 5 nitrogen and oxygen atoms in total. The molecular weight excluding hydrogens is 292 g/mol. The van der Waals surface area contributed by atoms with Gasteiger partial charge in [0.05, 0.1) is 19.4 Å². The van der Waals surface area contributed by atoms with Crippen LogP contribution < -0.4 is 10.2 Å². The Labute approximate surface area is 136 Å². The zero-order valence-corrected chi connectivity index (χ0v) is 13.5. The maximum atomic E-state index is 12.2. The SMILES string of the molecule is CC(=O)[C@@H](Cc1ccccc1)NC(=O)C[NH+](C)Cc1ccco1. The molecule has 0 saturated carbocycles. The summed E-state index contributed by atoms with van der Waals surface area (Å²) in [5, 5.41) is 2.84. The first kappa shape index (κ1) is 17.0. The molecule has 1 amide bonds. The van der Waals surface area contributed by atoms with Crippen LogP contribution in [0.25, 0.3) is 0 Å². The van der Waals surface area contributed by atoms with Gasteiger partial charge >= 0.3 is 0 Å². The summed E-state index contributed by atoms with van der Waals surface area (Å²) in [7, 11) is 1.92. The van der Waals surface area contributed by atoms with Gasteiger partial charge in [-0.2, -0.15) is 0 Å². The molecular formula is C18H23N2O3+. The number of hydrogen-bond acceptors (Lipinski definition) is 3. The minimum absolute atomic E-state index is 0.0362. The highest BCUT2D eigenvalue weighted by molar-refractivity contribution is 5.88. The number of nitrogens with one attached hydrogen (secondary N) is 2. The second-order valence-electron chi connectivity index (χ2n) is 5.81. The van der Waals surface area contributed by atoms with Crippen LogP contribution in [0.3, 0.4) is 0 Å². The lowest BCUT2D eigenvalue weighted by Gasteiger charge is -2.18. The Morgan fingerprint density at radius 2 is 1.91 bits per heavy atom. The third-order valence-electron chi connectivity index (χ3n) is 3.63. The minimum Gasteiger partial charge on any atom is -0.463 e. The molecule has 1 aromatic carbocycles. The third kappa shape index (κ3) is 5.71. The standard InChI is InChI=1S/C18H22N2O3/c1-14(21)17(11-15-7-4-3-5-8-15)19-18(22)13-20(2)12-16-9-6-10-23-16/h3-10,17H,11-13H2,1-2H3,(H,19,22)/p+1/t17-/m1/s1. The molecule has 122 valence electrons. The molecule has 1 heterocycles. The number of furan rings is 1. The lowest BCUT2D eigenvalue weighted by atomic mass is 10.0. The number of ketones is 1. The van der Waals surface area contributed by atoms with Crippen molar-refractivity contribution in [1.82, 2.24) is 5.32 Å². The van der Waals surface area contributed by atoms with Gasteiger partial charge in [0, 0.05) is 0 Å². The largest absolute Gasteiger partial charge is 0.463 e. The van der Waals surface area contributed by atoms with Crippen LogP contribution in [0.1, 0.15) is 18.2 Å². The van der Waals surface area contributed by atoms with Crippen molar-refractivity contribution in [1.29, 1.82) is 0 Å². The van der Waals surface area contributed by atoms with Gasteiger partial charge in [0.15, 0.2) is 18.1 Å². The van der Waals surface area contributed by atoms with Gasteiger partial charge in [-0.1, -0.05) is 30.3 Å². The van der Waals surface area contributed by atoms with Crippen LogP contribution in [0.4, 0.5) is 0 Å². The van der Waals surface area contributed by atoms with Crippen molar-refractivity contribution < 1.29 is 18.9 Å². The van der Waals surface area contributed by atoms with E-state index in [0.717, 1.165) is 16.2 Å². The van der Waals surface area contributed by atoms with Crippen molar-refractivity contribution in [2.24, 2.45) is 0 Å². The van der Waals surface area contributed by atoms with E-state index in [4.69, 9.17) is 4.42 Å². The predicted octanol–water partition coefficient (Wildman–Crippen LogP) is 0.611. The van der Waals surface area contributed by atoms with Gasteiger partial charge in [0.25, 0.3) is 5.91 Å². The van der Waals surface area contributed by atoms with Gasteiger partial charge < -0.3 is 14.6 Å². The molecule has 0 fully saturated rings. The van der Waals surface area contributed by atoms with Crippen LogP contribution >= 0.6 is 0 Å². The van der Waals surface area contributed by atoms with Gasteiger partial charge in [-0.15, -0.1) is 0 Å². The number of rotatable bonds is 8. The summed E-state index contributed by atoms with van der Waals surface area (Å²) >= 11 is 0. The number of likely N-dealkylation sites (N-methyl/N-ethyl adjacent to an activating group) is 1. The van der Waals surface area contributed by atoms with Crippen LogP contribution in [0.5, 0.6) is 0 Å². The zero-order valence-electron chi connectivity index (χ0n) is 13.5. The maximum absolute atomic E-state index is 12.2. The Bertz CT molecular complexity index is 623. The molecule has 2 N–H and O–H groups in total. The first-order valence-corrected chi connectivity index (χ1v) is 7.72. The topological polar surface area (TPSA) is 63.8 Å². The van der Waals surface area contributed by atoms with Crippen LogP contribution in [-0.4, -0.2) is 31.3 Å². The molecule has 1 aromatic heterocycles. The Hall–Kier alpha value is -2.40. The Morgan fingerprint density at radius 3 is 2.52 bits per heavy atom. The van der Waals surface area contributed by atoms with Gasteiger partial charge in [-0.25, -0.2) is 0 Å². The molecule has 23 heavy (non-hydrogen) atoms. The molecule has 2 aromatic rings. The summed E-state index contributed by atoms with van der Waals surface area (Å²) in [6, 6.07) is 12.9. The van der Waals surface area contributed by atoms with E-state index in [1.54, 1.807) is 6.26 Å². The fourth-order valence-electron chi connectivity index (χ4n) is 2.44. The Morgan fingerprint density at radius 1 is 1.17 bits per heavy atom. The van der Waals surface area contributed by atoms with Crippen molar-refractivity contribution in [3.05, 3.63) is 60.1 Å². The van der Waals surface area contributed by atoms with E-state index in [1.165, 1.54) is 6.92 Å². The van der Waals surface area contributed by atoms with Crippen LogP contribution in [0.2, 0.25) is 0 Å². The smallest absolute Gasteiger partial charge is 0.275 e. The molecule has 0 spiro atoms. The summed E-state index contributed by atoms with van der Waals surface area (Å²) in [6.45, 7) is 2.43. The first-order valence-electron chi connectivity index (χ1n) is 7.72. The van der Waals surface area contributed by atoms with Gasteiger partial charge in [-0.3, -0.25) is 9.59 Å². The number of benzene rings is 1. The van der Waals surface area contributed by atoms with Gasteiger partial charge in [0.1, 0.15) is 6.54 Å². The van der Waals surface area contributed by atoms with Crippen LogP contribution in [0.15, 0.2) is 53.1 Å². The molecule has 2 atom stereocenters. The summed E-state index contributed by atoms with van der Waals surface area (Å²) in [4.78, 5) is 25.0. The van der Waals surface area contributed by atoms with Gasteiger partial charge in [0.2, 0.25) is 0 Å². The summed E-state index contributed by atoms with van der Waals surface area (Å²) in [5.41, 5.74) is 1.03.